The van der Waals surface area contributed by atoms with Gasteiger partial charge < -0.3 is 19.6 Å². The molecule has 22 heavy (non-hydrogen) atoms. The zero-order valence-electron chi connectivity index (χ0n) is 12.9. The predicted octanol–water partition coefficient (Wildman–Crippen LogP) is 0.137. The number of aliphatic hydroxyl groups is 1. The molecule has 9 heteroatoms. The minimum atomic E-state index is -0.674. The summed E-state index contributed by atoms with van der Waals surface area (Å²) in [5.74, 6) is -0.498. The van der Waals surface area contributed by atoms with E-state index < -0.39 is 10.9 Å². The first-order valence-corrected chi connectivity index (χ1v) is 6.64. The number of pyridine rings is 1. The Balaban J connectivity index is 2.93. The van der Waals surface area contributed by atoms with E-state index in [1.807, 2.05) is 11.9 Å². The largest absolute Gasteiger partial charge is 0.465 e. The monoisotopic (exact) mass is 312 g/mol. The molecule has 0 unspecified atom stereocenters. The van der Waals surface area contributed by atoms with E-state index in [4.69, 9.17) is 5.11 Å². The molecule has 0 aliphatic rings. The normalized spacial score (nSPS) is 10.6. The Morgan fingerprint density at radius 1 is 1.41 bits per heavy atom. The second-order valence-corrected chi connectivity index (χ2v) is 4.76. The molecule has 1 aromatic rings. The average Bonchev–Trinajstić information content (AvgIpc) is 2.51. The lowest BCUT2D eigenvalue weighted by Crippen LogP contribution is -2.33. The Morgan fingerprint density at radius 2 is 2.09 bits per heavy atom. The van der Waals surface area contributed by atoms with Gasteiger partial charge in [-0.3, -0.25) is 10.1 Å². The maximum absolute atomic E-state index is 11.4. The second-order valence-electron chi connectivity index (χ2n) is 4.76. The fraction of sp³-hybridized carbons (Fsp3) is 0.538. The number of esters is 1. The number of aromatic nitrogens is 1. The summed E-state index contributed by atoms with van der Waals surface area (Å²) in [4.78, 5) is 29.6. The first-order chi connectivity index (χ1) is 10.4. The van der Waals surface area contributed by atoms with E-state index in [1.54, 1.807) is 11.9 Å². The van der Waals surface area contributed by atoms with Crippen LogP contribution in [0, 0.1) is 10.1 Å². The Labute approximate surface area is 128 Å². The van der Waals surface area contributed by atoms with Crippen LogP contribution < -0.4 is 4.90 Å². The summed E-state index contributed by atoms with van der Waals surface area (Å²) in [6.45, 7) is 1.66. The van der Waals surface area contributed by atoms with Gasteiger partial charge in [-0.2, -0.15) is 0 Å². The third-order valence-electron chi connectivity index (χ3n) is 3.13. The molecule has 0 amide bonds. The van der Waals surface area contributed by atoms with Crippen molar-refractivity contribution >= 4 is 17.5 Å². The summed E-state index contributed by atoms with van der Waals surface area (Å²) in [5.41, 5.74) is -0.223. The number of ether oxygens (including phenoxy) is 1. The average molecular weight is 312 g/mol. The third-order valence-corrected chi connectivity index (χ3v) is 3.13. The molecule has 0 aliphatic heterocycles. The summed E-state index contributed by atoms with van der Waals surface area (Å²) in [6.07, 6.45) is 1.25. The summed E-state index contributed by atoms with van der Waals surface area (Å²) in [7, 11) is 4.72. The molecule has 122 valence electrons. The molecule has 9 nitrogen and oxygen atoms in total. The fourth-order valence-corrected chi connectivity index (χ4v) is 1.81. The van der Waals surface area contributed by atoms with Gasteiger partial charge in [0, 0.05) is 38.9 Å². The number of likely N-dealkylation sites (N-methyl/N-ethyl adjacent to an activating group) is 2. The second kappa shape index (κ2) is 8.25. The number of nitrogens with zero attached hydrogens (tertiary/aromatic N) is 4. The summed E-state index contributed by atoms with van der Waals surface area (Å²) in [6, 6.07) is 1.15. The minimum Gasteiger partial charge on any atom is -0.465 e. The third kappa shape index (κ3) is 4.64. The van der Waals surface area contributed by atoms with Gasteiger partial charge in [0.15, 0.2) is 0 Å². The van der Waals surface area contributed by atoms with E-state index in [1.165, 1.54) is 13.3 Å². The van der Waals surface area contributed by atoms with E-state index >= 15 is 0 Å². The van der Waals surface area contributed by atoms with Crippen molar-refractivity contribution in [2.45, 2.75) is 0 Å². The van der Waals surface area contributed by atoms with E-state index in [9.17, 15) is 14.9 Å². The van der Waals surface area contributed by atoms with Crippen LogP contribution in [0.1, 0.15) is 10.4 Å². The standard InChI is InChI=1S/C13H20N4O5/c1-15(6-7-18)4-5-16(2)12-11(17(20)21)8-10(9-14-12)13(19)22-3/h8-9,18H,4-7H2,1-3H3. The Morgan fingerprint density at radius 3 is 2.64 bits per heavy atom. The fourth-order valence-electron chi connectivity index (χ4n) is 1.81. The number of nitro groups is 1. The maximum Gasteiger partial charge on any atom is 0.339 e. The number of carbonyl (C=O) groups excluding carboxylic acids is 1. The van der Waals surface area contributed by atoms with E-state index in [0.717, 1.165) is 6.07 Å². The highest BCUT2D eigenvalue weighted by Gasteiger charge is 2.22. The number of aliphatic hydroxyl groups excluding tert-OH is 1. The maximum atomic E-state index is 11.4. The van der Waals surface area contributed by atoms with Crippen molar-refractivity contribution in [1.29, 1.82) is 0 Å². The van der Waals surface area contributed by atoms with Gasteiger partial charge in [0.25, 0.3) is 0 Å². The van der Waals surface area contributed by atoms with Crippen molar-refractivity contribution in [2.75, 3.05) is 52.3 Å². The lowest BCUT2D eigenvalue weighted by molar-refractivity contribution is -0.384. The SMILES string of the molecule is COC(=O)c1cnc(N(C)CCN(C)CCO)c([N+](=O)[O-])c1. The number of methoxy groups -OCH3 is 1. The number of anilines is 1. The van der Waals surface area contributed by atoms with Gasteiger partial charge in [-0.15, -0.1) is 0 Å². The molecule has 1 rings (SSSR count). The topological polar surface area (TPSA) is 109 Å². The van der Waals surface area contributed by atoms with Crippen molar-refractivity contribution in [2.24, 2.45) is 0 Å². The summed E-state index contributed by atoms with van der Waals surface area (Å²) in [5, 5.41) is 20.0. The number of hydrogen-bond donors (Lipinski definition) is 1. The molecule has 0 radical (unpaired) electrons. The van der Waals surface area contributed by atoms with Gasteiger partial charge >= 0.3 is 11.7 Å². The minimum absolute atomic E-state index is 0.0312. The Hall–Kier alpha value is -2.26. The molecule has 0 bridgehead atoms. The lowest BCUT2D eigenvalue weighted by Gasteiger charge is -2.22. The van der Waals surface area contributed by atoms with Crippen LogP contribution in [0.5, 0.6) is 0 Å². The zero-order valence-corrected chi connectivity index (χ0v) is 12.9. The number of carbonyl (C=O) groups is 1. The smallest absolute Gasteiger partial charge is 0.339 e. The molecule has 0 fully saturated rings. The van der Waals surface area contributed by atoms with E-state index in [0.29, 0.717) is 19.6 Å². The zero-order chi connectivity index (χ0) is 16.7. The van der Waals surface area contributed by atoms with Crippen molar-refractivity contribution in [1.82, 2.24) is 9.88 Å². The Bertz CT molecular complexity index is 537. The molecule has 0 aromatic carbocycles. The summed E-state index contributed by atoms with van der Waals surface area (Å²) >= 11 is 0. The van der Waals surface area contributed by atoms with Crippen LogP contribution in [0.25, 0.3) is 0 Å². The lowest BCUT2D eigenvalue weighted by atomic mass is 10.2. The molecule has 1 N–H and O–H groups in total. The molecule has 1 heterocycles. The number of hydrogen-bond acceptors (Lipinski definition) is 8. The highest BCUT2D eigenvalue weighted by molar-refractivity contribution is 5.90. The highest BCUT2D eigenvalue weighted by atomic mass is 16.6. The van der Waals surface area contributed by atoms with Crippen molar-refractivity contribution < 1.29 is 19.6 Å². The molecule has 0 saturated heterocycles. The van der Waals surface area contributed by atoms with Crippen LogP contribution >= 0.6 is 0 Å². The van der Waals surface area contributed by atoms with Crippen molar-refractivity contribution in [3.8, 4) is 0 Å². The molecule has 0 atom stereocenters. The Kier molecular flexibility index (Phi) is 6.67. The van der Waals surface area contributed by atoms with Gasteiger partial charge in [0.2, 0.25) is 5.82 Å². The number of rotatable bonds is 8. The summed E-state index contributed by atoms with van der Waals surface area (Å²) < 4.78 is 4.53. The molecule has 1 aromatic heterocycles. The van der Waals surface area contributed by atoms with Crippen molar-refractivity contribution in [3.63, 3.8) is 0 Å². The molecule has 0 spiro atoms. The van der Waals surface area contributed by atoms with Crippen LogP contribution in [-0.2, 0) is 4.74 Å². The molecule has 0 aliphatic carbocycles. The molecular formula is C13H20N4O5. The first-order valence-electron chi connectivity index (χ1n) is 6.64. The van der Waals surface area contributed by atoms with Crippen LogP contribution in [-0.4, -0.2) is 73.3 Å². The molecule has 0 saturated carbocycles. The molecular weight excluding hydrogens is 292 g/mol. The van der Waals surface area contributed by atoms with Gasteiger partial charge in [-0.1, -0.05) is 0 Å². The quantitative estimate of drug-likeness (QED) is 0.410. The van der Waals surface area contributed by atoms with Crippen LogP contribution in [0.15, 0.2) is 12.3 Å². The van der Waals surface area contributed by atoms with Crippen LogP contribution in [0.4, 0.5) is 11.5 Å². The first kappa shape index (κ1) is 17.8. The van der Waals surface area contributed by atoms with Crippen molar-refractivity contribution in [3.05, 3.63) is 27.9 Å². The van der Waals surface area contributed by atoms with Gasteiger partial charge in [0.05, 0.1) is 24.2 Å². The van der Waals surface area contributed by atoms with Gasteiger partial charge in [0.1, 0.15) is 0 Å². The van der Waals surface area contributed by atoms with E-state index in [2.05, 4.69) is 9.72 Å². The van der Waals surface area contributed by atoms with Gasteiger partial charge in [-0.05, 0) is 7.05 Å². The van der Waals surface area contributed by atoms with E-state index in [-0.39, 0.29) is 23.7 Å². The van der Waals surface area contributed by atoms with Crippen LogP contribution in [0.3, 0.4) is 0 Å². The highest BCUT2D eigenvalue weighted by Crippen LogP contribution is 2.25. The van der Waals surface area contributed by atoms with Crippen LogP contribution in [0.2, 0.25) is 0 Å². The van der Waals surface area contributed by atoms with Gasteiger partial charge in [-0.25, -0.2) is 9.78 Å². The predicted molar refractivity (Wildman–Crippen MR) is 80.1 cm³/mol.